The SMILES string of the molecule is CCCCCCCCNCc1cccc(OC)c1OCC(N)=O. The third-order valence-corrected chi connectivity index (χ3v) is 3.66. The summed E-state index contributed by atoms with van der Waals surface area (Å²) in [7, 11) is 1.58. The number of rotatable bonds is 13. The monoisotopic (exact) mass is 322 g/mol. The Morgan fingerprint density at radius 3 is 2.61 bits per heavy atom. The van der Waals surface area contributed by atoms with E-state index in [0.717, 1.165) is 12.1 Å². The number of benzene rings is 1. The van der Waals surface area contributed by atoms with Crippen molar-refractivity contribution < 1.29 is 14.3 Å². The van der Waals surface area contributed by atoms with Gasteiger partial charge < -0.3 is 20.5 Å². The first-order chi connectivity index (χ1) is 11.2. The van der Waals surface area contributed by atoms with Crippen LogP contribution in [0.3, 0.4) is 0 Å². The molecule has 130 valence electrons. The quantitative estimate of drug-likeness (QED) is 0.548. The van der Waals surface area contributed by atoms with Crippen molar-refractivity contribution in [2.24, 2.45) is 5.73 Å². The molecule has 0 unspecified atom stereocenters. The molecule has 0 spiro atoms. The summed E-state index contributed by atoms with van der Waals surface area (Å²) >= 11 is 0. The lowest BCUT2D eigenvalue weighted by Crippen LogP contribution is -2.21. The Balaban J connectivity index is 2.41. The van der Waals surface area contributed by atoms with Crippen LogP contribution >= 0.6 is 0 Å². The summed E-state index contributed by atoms with van der Waals surface area (Å²) in [6, 6.07) is 5.69. The molecule has 1 rings (SSSR count). The summed E-state index contributed by atoms with van der Waals surface area (Å²) in [6.45, 7) is 3.73. The van der Waals surface area contributed by atoms with Crippen molar-refractivity contribution in [3.63, 3.8) is 0 Å². The number of hydrogen-bond donors (Lipinski definition) is 2. The van der Waals surface area contributed by atoms with Crippen LogP contribution in [0.1, 0.15) is 51.0 Å². The average Bonchev–Trinajstić information content (AvgIpc) is 2.55. The second kappa shape index (κ2) is 11.8. The molecule has 0 saturated carbocycles. The molecular weight excluding hydrogens is 292 g/mol. The number of hydrogen-bond acceptors (Lipinski definition) is 4. The third kappa shape index (κ3) is 7.88. The molecular formula is C18H30N2O3. The van der Waals surface area contributed by atoms with Gasteiger partial charge in [0.2, 0.25) is 0 Å². The van der Waals surface area contributed by atoms with E-state index in [1.807, 2.05) is 18.2 Å². The fourth-order valence-corrected chi connectivity index (χ4v) is 2.42. The molecule has 0 fully saturated rings. The largest absolute Gasteiger partial charge is 0.493 e. The van der Waals surface area contributed by atoms with Crippen LogP contribution in [0.25, 0.3) is 0 Å². The van der Waals surface area contributed by atoms with Crippen LogP contribution in [0, 0.1) is 0 Å². The highest BCUT2D eigenvalue weighted by Crippen LogP contribution is 2.30. The predicted octanol–water partition coefficient (Wildman–Crippen LogP) is 3.01. The zero-order valence-electron chi connectivity index (χ0n) is 14.4. The van der Waals surface area contributed by atoms with Gasteiger partial charge in [0.15, 0.2) is 18.1 Å². The Morgan fingerprint density at radius 2 is 1.91 bits per heavy atom. The number of carbonyl (C=O) groups excluding carboxylic acids is 1. The Morgan fingerprint density at radius 1 is 1.17 bits per heavy atom. The number of carbonyl (C=O) groups is 1. The van der Waals surface area contributed by atoms with E-state index < -0.39 is 5.91 Å². The lowest BCUT2D eigenvalue weighted by atomic mass is 10.1. The predicted molar refractivity (Wildman–Crippen MR) is 92.8 cm³/mol. The van der Waals surface area contributed by atoms with Gasteiger partial charge in [-0.05, 0) is 19.0 Å². The standard InChI is InChI=1S/C18H30N2O3/c1-3-4-5-6-7-8-12-20-13-15-10-9-11-16(22-2)18(15)23-14-17(19)21/h9-11,20H,3-8,12-14H2,1-2H3,(H2,19,21). The molecule has 0 aliphatic rings. The molecule has 3 N–H and O–H groups in total. The summed E-state index contributed by atoms with van der Waals surface area (Å²) in [6.07, 6.45) is 7.68. The normalized spacial score (nSPS) is 10.5. The van der Waals surface area contributed by atoms with Gasteiger partial charge in [-0.25, -0.2) is 0 Å². The molecule has 1 amide bonds. The van der Waals surface area contributed by atoms with Crippen molar-refractivity contribution in [2.75, 3.05) is 20.3 Å². The van der Waals surface area contributed by atoms with Crippen molar-refractivity contribution in [2.45, 2.75) is 52.0 Å². The highest BCUT2D eigenvalue weighted by atomic mass is 16.5. The number of methoxy groups -OCH3 is 1. The van der Waals surface area contributed by atoms with Crippen molar-refractivity contribution in [1.82, 2.24) is 5.32 Å². The number of nitrogens with two attached hydrogens (primary N) is 1. The summed E-state index contributed by atoms with van der Waals surface area (Å²) in [4.78, 5) is 10.9. The molecule has 0 saturated heterocycles. The van der Waals surface area contributed by atoms with E-state index >= 15 is 0 Å². The minimum Gasteiger partial charge on any atom is -0.493 e. The molecule has 0 aromatic heterocycles. The summed E-state index contributed by atoms with van der Waals surface area (Å²) in [5.41, 5.74) is 6.12. The van der Waals surface area contributed by atoms with Gasteiger partial charge in [-0.1, -0.05) is 51.2 Å². The van der Waals surface area contributed by atoms with Crippen molar-refractivity contribution in [3.8, 4) is 11.5 Å². The van der Waals surface area contributed by atoms with E-state index in [2.05, 4.69) is 12.2 Å². The lowest BCUT2D eigenvalue weighted by molar-refractivity contribution is -0.119. The minimum atomic E-state index is -0.498. The van der Waals surface area contributed by atoms with Crippen LogP contribution in [0.2, 0.25) is 0 Å². The van der Waals surface area contributed by atoms with Crippen LogP contribution in [0.15, 0.2) is 18.2 Å². The van der Waals surface area contributed by atoms with E-state index in [9.17, 15) is 4.79 Å². The molecule has 0 bridgehead atoms. The van der Waals surface area contributed by atoms with E-state index in [1.54, 1.807) is 7.11 Å². The number of para-hydroxylation sites is 1. The number of primary amides is 1. The highest BCUT2D eigenvalue weighted by molar-refractivity contribution is 5.75. The Hall–Kier alpha value is -1.75. The molecule has 0 radical (unpaired) electrons. The average molecular weight is 322 g/mol. The van der Waals surface area contributed by atoms with Gasteiger partial charge in [-0.3, -0.25) is 4.79 Å². The molecule has 1 aromatic rings. The molecule has 0 heterocycles. The van der Waals surface area contributed by atoms with E-state index in [-0.39, 0.29) is 6.61 Å². The first-order valence-electron chi connectivity index (χ1n) is 8.46. The number of amides is 1. The fraction of sp³-hybridized carbons (Fsp3) is 0.611. The van der Waals surface area contributed by atoms with Crippen LogP contribution in [0.5, 0.6) is 11.5 Å². The number of nitrogens with one attached hydrogen (secondary N) is 1. The third-order valence-electron chi connectivity index (χ3n) is 3.66. The molecule has 23 heavy (non-hydrogen) atoms. The van der Waals surface area contributed by atoms with Gasteiger partial charge >= 0.3 is 0 Å². The van der Waals surface area contributed by atoms with E-state index in [1.165, 1.54) is 38.5 Å². The van der Waals surface area contributed by atoms with Crippen LogP contribution in [-0.2, 0) is 11.3 Å². The Kier molecular flexibility index (Phi) is 9.87. The number of unbranched alkanes of at least 4 members (excludes halogenated alkanes) is 5. The Bertz CT molecular complexity index is 464. The molecule has 0 aliphatic carbocycles. The van der Waals surface area contributed by atoms with Crippen LogP contribution in [0.4, 0.5) is 0 Å². The molecule has 5 heteroatoms. The number of ether oxygens (including phenoxy) is 2. The lowest BCUT2D eigenvalue weighted by Gasteiger charge is -2.14. The maximum atomic E-state index is 10.9. The molecule has 5 nitrogen and oxygen atoms in total. The maximum absolute atomic E-state index is 10.9. The molecule has 0 aliphatic heterocycles. The van der Waals surface area contributed by atoms with Crippen molar-refractivity contribution in [3.05, 3.63) is 23.8 Å². The van der Waals surface area contributed by atoms with Crippen molar-refractivity contribution in [1.29, 1.82) is 0 Å². The molecule has 0 atom stereocenters. The maximum Gasteiger partial charge on any atom is 0.255 e. The fourth-order valence-electron chi connectivity index (χ4n) is 2.42. The highest BCUT2D eigenvalue weighted by Gasteiger charge is 2.11. The smallest absolute Gasteiger partial charge is 0.255 e. The van der Waals surface area contributed by atoms with Gasteiger partial charge in [0.25, 0.3) is 5.91 Å². The van der Waals surface area contributed by atoms with Crippen LogP contribution in [-0.4, -0.2) is 26.2 Å². The van der Waals surface area contributed by atoms with E-state index in [4.69, 9.17) is 15.2 Å². The second-order valence-corrected chi connectivity index (χ2v) is 5.65. The van der Waals surface area contributed by atoms with Gasteiger partial charge in [-0.15, -0.1) is 0 Å². The van der Waals surface area contributed by atoms with Gasteiger partial charge in [0.1, 0.15) is 0 Å². The van der Waals surface area contributed by atoms with Gasteiger partial charge in [-0.2, -0.15) is 0 Å². The summed E-state index contributed by atoms with van der Waals surface area (Å²) in [5, 5.41) is 3.42. The topological polar surface area (TPSA) is 73.6 Å². The zero-order chi connectivity index (χ0) is 16.9. The van der Waals surface area contributed by atoms with Crippen molar-refractivity contribution >= 4 is 5.91 Å². The first kappa shape index (κ1) is 19.3. The van der Waals surface area contributed by atoms with E-state index in [0.29, 0.717) is 18.0 Å². The summed E-state index contributed by atoms with van der Waals surface area (Å²) < 4.78 is 10.8. The van der Waals surface area contributed by atoms with Crippen LogP contribution < -0.4 is 20.5 Å². The summed E-state index contributed by atoms with van der Waals surface area (Å²) in [5.74, 6) is 0.705. The Labute approximate surface area is 139 Å². The minimum absolute atomic E-state index is 0.148. The second-order valence-electron chi connectivity index (χ2n) is 5.65. The zero-order valence-corrected chi connectivity index (χ0v) is 14.4. The molecule has 1 aromatic carbocycles. The first-order valence-corrected chi connectivity index (χ1v) is 8.46. The van der Waals surface area contributed by atoms with Gasteiger partial charge in [0.05, 0.1) is 7.11 Å². The van der Waals surface area contributed by atoms with Gasteiger partial charge in [0, 0.05) is 12.1 Å².